The van der Waals surface area contributed by atoms with E-state index in [0.717, 1.165) is 11.3 Å². The predicted molar refractivity (Wildman–Crippen MR) is 69.5 cm³/mol. The molecule has 0 radical (unpaired) electrons. The Bertz CT molecular complexity index is 524. The van der Waals surface area contributed by atoms with Crippen LogP contribution in [0.5, 0.6) is 0 Å². The topological polar surface area (TPSA) is 53.6 Å². The molecule has 4 heteroatoms. The predicted octanol–water partition coefficient (Wildman–Crippen LogP) is 2.16. The molecule has 0 aliphatic carbocycles. The summed E-state index contributed by atoms with van der Waals surface area (Å²) >= 11 is 0. The number of nitrogens with zero attached hydrogens (tertiary/aromatic N) is 3. The number of aromatic nitrogens is 2. The van der Waals surface area contributed by atoms with Gasteiger partial charge in [-0.3, -0.25) is 4.68 Å². The molecule has 92 valence electrons. The van der Waals surface area contributed by atoms with E-state index < -0.39 is 0 Å². The average molecular weight is 240 g/mol. The van der Waals surface area contributed by atoms with E-state index in [4.69, 9.17) is 5.26 Å². The number of rotatable bonds is 5. The van der Waals surface area contributed by atoms with Gasteiger partial charge in [0.15, 0.2) is 0 Å². The molecule has 2 rings (SSSR count). The molecule has 0 aliphatic heterocycles. The van der Waals surface area contributed by atoms with Gasteiger partial charge in [-0.15, -0.1) is 0 Å². The quantitative estimate of drug-likeness (QED) is 0.871. The average Bonchev–Trinajstić information content (AvgIpc) is 2.81. The molecule has 1 aromatic heterocycles. The largest absolute Gasteiger partial charge is 0.303 e. The normalized spacial score (nSPS) is 12.0. The van der Waals surface area contributed by atoms with Crippen LogP contribution < -0.4 is 5.32 Å². The highest BCUT2D eigenvalue weighted by Gasteiger charge is 2.10. The standard InChI is InChI=1S/C14H16N4/c1-18-13(8-10-17-18)11-16-14(7-9-15)12-5-3-2-4-6-12/h2-6,8,10,14,16H,7,11H2,1H3. The van der Waals surface area contributed by atoms with Crippen LogP contribution in [-0.4, -0.2) is 9.78 Å². The summed E-state index contributed by atoms with van der Waals surface area (Å²) in [4.78, 5) is 0. The molecule has 1 aromatic carbocycles. The Morgan fingerprint density at radius 3 is 2.72 bits per heavy atom. The molecule has 1 heterocycles. The third-order valence-electron chi connectivity index (χ3n) is 2.95. The van der Waals surface area contributed by atoms with Gasteiger partial charge in [-0.05, 0) is 11.6 Å². The molecule has 0 saturated heterocycles. The van der Waals surface area contributed by atoms with Crippen molar-refractivity contribution >= 4 is 0 Å². The Kier molecular flexibility index (Phi) is 4.11. The fourth-order valence-electron chi connectivity index (χ4n) is 1.89. The van der Waals surface area contributed by atoms with Crippen molar-refractivity contribution in [2.24, 2.45) is 7.05 Å². The molecule has 1 unspecified atom stereocenters. The number of nitrogens with one attached hydrogen (secondary N) is 1. The third-order valence-corrected chi connectivity index (χ3v) is 2.95. The highest BCUT2D eigenvalue weighted by atomic mass is 15.3. The minimum absolute atomic E-state index is 0.0612. The molecule has 0 bridgehead atoms. The zero-order chi connectivity index (χ0) is 12.8. The van der Waals surface area contributed by atoms with Crippen LogP contribution in [0.2, 0.25) is 0 Å². The van der Waals surface area contributed by atoms with E-state index in [-0.39, 0.29) is 6.04 Å². The second-order valence-electron chi connectivity index (χ2n) is 4.15. The summed E-state index contributed by atoms with van der Waals surface area (Å²) in [6.07, 6.45) is 2.24. The van der Waals surface area contributed by atoms with Crippen LogP contribution in [0, 0.1) is 11.3 Å². The lowest BCUT2D eigenvalue weighted by atomic mass is 10.0. The Balaban J connectivity index is 2.04. The van der Waals surface area contributed by atoms with E-state index in [0.29, 0.717) is 13.0 Å². The van der Waals surface area contributed by atoms with Crippen molar-refractivity contribution in [1.82, 2.24) is 15.1 Å². The molecular formula is C14H16N4. The maximum atomic E-state index is 8.90. The van der Waals surface area contributed by atoms with Crippen molar-refractivity contribution in [2.45, 2.75) is 19.0 Å². The van der Waals surface area contributed by atoms with Crippen molar-refractivity contribution in [2.75, 3.05) is 0 Å². The van der Waals surface area contributed by atoms with Gasteiger partial charge in [0.1, 0.15) is 0 Å². The van der Waals surface area contributed by atoms with Crippen LogP contribution in [-0.2, 0) is 13.6 Å². The van der Waals surface area contributed by atoms with Crippen molar-refractivity contribution in [3.05, 3.63) is 53.9 Å². The van der Waals surface area contributed by atoms with Crippen LogP contribution in [0.4, 0.5) is 0 Å². The molecule has 1 atom stereocenters. The number of hydrogen-bond donors (Lipinski definition) is 1. The van der Waals surface area contributed by atoms with Gasteiger partial charge in [0.2, 0.25) is 0 Å². The van der Waals surface area contributed by atoms with Crippen LogP contribution in [0.1, 0.15) is 23.7 Å². The fourth-order valence-corrected chi connectivity index (χ4v) is 1.89. The third kappa shape index (κ3) is 2.96. The van der Waals surface area contributed by atoms with Crippen molar-refractivity contribution in [3.63, 3.8) is 0 Å². The van der Waals surface area contributed by atoms with E-state index >= 15 is 0 Å². The first kappa shape index (κ1) is 12.3. The second-order valence-corrected chi connectivity index (χ2v) is 4.15. The van der Waals surface area contributed by atoms with Crippen LogP contribution in [0.3, 0.4) is 0 Å². The molecule has 0 spiro atoms. The molecular weight excluding hydrogens is 224 g/mol. The summed E-state index contributed by atoms with van der Waals surface area (Å²) < 4.78 is 1.83. The van der Waals surface area contributed by atoms with Crippen molar-refractivity contribution in [1.29, 1.82) is 5.26 Å². The summed E-state index contributed by atoms with van der Waals surface area (Å²) in [7, 11) is 1.92. The fraction of sp³-hybridized carbons (Fsp3) is 0.286. The first-order chi connectivity index (χ1) is 8.81. The minimum atomic E-state index is 0.0612. The first-order valence-electron chi connectivity index (χ1n) is 5.93. The summed E-state index contributed by atoms with van der Waals surface area (Å²) in [6.45, 7) is 0.706. The zero-order valence-electron chi connectivity index (χ0n) is 10.4. The summed E-state index contributed by atoms with van der Waals surface area (Å²) in [5.74, 6) is 0. The van der Waals surface area contributed by atoms with Crippen LogP contribution >= 0.6 is 0 Å². The van der Waals surface area contributed by atoms with Crippen LogP contribution in [0.15, 0.2) is 42.6 Å². The first-order valence-corrected chi connectivity index (χ1v) is 5.93. The van der Waals surface area contributed by atoms with Crippen LogP contribution in [0.25, 0.3) is 0 Å². The van der Waals surface area contributed by atoms with E-state index in [1.165, 1.54) is 0 Å². The maximum Gasteiger partial charge on any atom is 0.0641 e. The lowest BCUT2D eigenvalue weighted by Crippen LogP contribution is -2.22. The number of aryl methyl sites for hydroxylation is 1. The molecule has 0 saturated carbocycles. The molecule has 18 heavy (non-hydrogen) atoms. The molecule has 0 fully saturated rings. The molecule has 4 nitrogen and oxygen atoms in total. The molecule has 0 aliphatic rings. The highest BCUT2D eigenvalue weighted by molar-refractivity contribution is 5.20. The Morgan fingerprint density at radius 1 is 1.33 bits per heavy atom. The molecule has 2 aromatic rings. The summed E-state index contributed by atoms with van der Waals surface area (Å²) in [6, 6.07) is 14.3. The lowest BCUT2D eigenvalue weighted by Gasteiger charge is -2.16. The SMILES string of the molecule is Cn1nccc1CNC(CC#N)c1ccccc1. The Hall–Kier alpha value is -2.12. The monoisotopic (exact) mass is 240 g/mol. The van der Waals surface area contributed by atoms with Gasteiger partial charge in [0.05, 0.1) is 18.2 Å². The highest BCUT2D eigenvalue weighted by Crippen LogP contribution is 2.16. The minimum Gasteiger partial charge on any atom is -0.303 e. The summed E-state index contributed by atoms with van der Waals surface area (Å²) in [5.41, 5.74) is 2.25. The van der Waals surface area contributed by atoms with Crippen molar-refractivity contribution < 1.29 is 0 Å². The second kappa shape index (κ2) is 5.99. The van der Waals surface area contributed by atoms with Gasteiger partial charge < -0.3 is 5.32 Å². The molecule has 1 N–H and O–H groups in total. The molecule has 0 amide bonds. The zero-order valence-corrected chi connectivity index (χ0v) is 10.4. The summed E-state index contributed by atoms with van der Waals surface area (Å²) in [5, 5.41) is 16.4. The number of nitriles is 1. The van der Waals surface area contributed by atoms with Gasteiger partial charge in [0.25, 0.3) is 0 Å². The van der Waals surface area contributed by atoms with Gasteiger partial charge in [-0.25, -0.2) is 0 Å². The van der Waals surface area contributed by atoms with Crippen molar-refractivity contribution in [3.8, 4) is 6.07 Å². The van der Waals surface area contributed by atoms with E-state index in [1.54, 1.807) is 6.20 Å². The van der Waals surface area contributed by atoms with Gasteiger partial charge in [-0.2, -0.15) is 10.4 Å². The van der Waals surface area contributed by atoms with E-state index in [9.17, 15) is 0 Å². The lowest BCUT2D eigenvalue weighted by molar-refractivity contribution is 0.522. The number of hydrogen-bond acceptors (Lipinski definition) is 3. The Morgan fingerprint density at radius 2 is 2.11 bits per heavy atom. The Labute approximate surface area is 107 Å². The van der Waals surface area contributed by atoms with E-state index in [1.807, 2.05) is 48.1 Å². The van der Waals surface area contributed by atoms with Gasteiger partial charge >= 0.3 is 0 Å². The van der Waals surface area contributed by atoms with Gasteiger partial charge in [0, 0.05) is 25.8 Å². The van der Waals surface area contributed by atoms with E-state index in [2.05, 4.69) is 16.5 Å². The number of benzene rings is 1. The van der Waals surface area contributed by atoms with Gasteiger partial charge in [-0.1, -0.05) is 30.3 Å². The smallest absolute Gasteiger partial charge is 0.0641 e. The maximum absolute atomic E-state index is 8.90.